The Morgan fingerprint density at radius 3 is 1.05 bits per heavy atom. The molecule has 346 valence electrons. The zero-order valence-electron chi connectivity index (χ0n) is 39.0. The average molecular weight is 918 g/mol. The van der Waals surface area contributed by atoms with Gasteiger partial charge in [0.25, 0.3) is 0 Å². The van der Waals surface area contributed by atoms with Gasteiger partial charge in [-0.1, -0.05) is 194 Å². The van der Waals surface area contributed by atoms with E-state index in [-0.39, 0.29) is 0 Å². The fraction of sp³-hybridized carbons (Fsp3) is 0.706. The summed E-state index contributed by atoms with van der Waals surface area (Å²) in [7, 11) is 0. The van der Waals surface area contributed by atoms with E-state index in [1.165, 1.54) is 210 Å². The first-order valence-corrected chi connectivity index (χ1v) is 27.3. The maximum atomic E-state index is 10.2. The maximum Gasteiger partial charge on any atom is 0.303 e. The van der Waals surface area contributed by atoms with Crippen LogP contribution in [0.2, 0.25) is 0 Å². The number of quaternary nitrogens is 2. The lowest BCUT2D eigenvalue weighted by Crippen LogP contribution is -2.43. The number of thiazole rings is 2. The summed E-state index contributed by atoms with van der Waals surface area (Å²) in [6, 6.07) is 8.30. The molecule has 61 heavy (non-hydrogen) atoms. The van der Waals surface area contributed by atoms with Crippen LogP contribution in [0.3, 0.4) is 0 Å². The van der Waals surface area contributed by atoms with Gasteiger partial charge in [0.2, 0.25) is 0 Å². The van der Waals surface area contributed by atoms with Gasteiger partial charge in [0.15, 0.2) is 0 Å². The quantitative estimate of drug-likeness (QED) is 0.0242. The maximum absolute atomic E-state index is 10.2. The first-order chi connectivity index (χ1) is 29.7. The number of aryl methyl sites for hydroxylation is 2. The normalized spacial score (nSPS) is 11.2. The summed E-state index contributed by atoms with van der Waals surface area (Å²) in [4.78, 5) is 21.9. The van der Waals surface area contributed by atoms with Gasteiger partial charge in [0, 0.05) is 18.6 Å². The molecule has 0 spiro atoms. The second kappa shape index (κ2) is 36.6. The van der Waals surface area contributed by atoms with Crippen molar-refractivity contribution in [2.45, 2.75) is 242 Å². The third kappa shape index (κ3) is 27.3. The minimum absolute atomic E-state index is 0.344. The van der Waals surface area contributed by atoms with Crippen molar-refractivity contribution in [1.29, 1.82) is 0 Å². The van der Waals surface area contributed by atoms with Crippen molar-refractivity contribution in [2.75, 3.05) is 0 Å². The highest BCUT2D eigenvalue weighted by molar-refractivity contribution is 7.81. The molecular weight excluding hydrogens is 829 g/mol. The molecule has 0 fully saturated rings. The molecule has 0 amide bonds. The van der Waals surface area contributed by atoms with Gasteiger partial charge in [0.1, 0.15) is 11.4 Å². The number of benzene rings is 2. The van der Waals surface area contributed by atoms with E-state index in [2.05, 4.69) is 69.6 Å². The summed E-state index contributed by atoms with van der Waals surface area (Å²) in [5.74, 6) is -0.658. The van der Waals surface area contributed by atoms with Crippen LogP contribution in [-0.2, 0) is 17.6 Å². The third-order valence-electron chi connectivity index (χ3n) is 11.5. The number of carboxylic acid groups (broad SMARTS) is 1. The van der Waals surface area contributed by atoms with Crippen LogP contribution in [0.15, 0.2) is 34.1 Å². The molecule has 0 bridgehead atoms. The molecule has 0 aliphatic heterocycles. The lowest BCUT2D eigenvalue weighted by atomic mass is 10.1. The highest BCUT2D eigenvalue weighted by Gasteiger charge is 2.10. The molecule has 0 atom stereocenters. The Labute approximate surface area is 391 Å². The standard InChI is InChI=1S/C32H52N2S2.C13H26O2.C6H8N2S2/c1-3-5-7-9-11-13-15-17-19-21-23-31-33-27-25-30-28(26-29(27)35-31)34-32(36-30)24-22-20-18-16-14-12-10-8-6-4-2;1-2-3-4-5-6-7-8-9-10-11-12-13(14)15;7-3-1-5(9)4(8)2-6(3)10/h25-26H,3-24H2,1-2H3;2-12H2,1H3,(H,14,15);1-2,9-10H,7-8H2/p+2. The molecule has 4 rings (SSSR count). The summed E-state index contributed by atoms with van der Waals surface area (Å²) < 4.78 is 2.64. The minimum atomic E-state index is -0.658. The monoisotopic (exact) mass is 917 g/mol. The summed E-state index contributed by atoms with van der Waals surface area (Å²) in [6.07, 6.45) is 43.0. The summed E-state index contributed by atoms with van der Waals surface area (Å²) in [5, 5.41) is 11.1. The highest BCUT2D eigenvalue weighted by Crippen LogP contribution is 2.32. The van der Waals surface area contributed by atoms with Crippen molar-refractivity contribution < 1.29 is 21.4 Å². The Kier molecular flexibility index (Phi) is 33.3. The van der Waals surface area contributed by atoms with Gasteiger partial charge in [-0.3, -0.25) is 4.79 Å². The Bertz CT molecular complexity index is 1510. The van der Waals surface area contributed by atoms with Gasteiger partial charge in [-0.15, -0.1) is 47.9 Å². The smallest absolute Gasteiger partial charge is 0.303 e. The highest BCUT2D eigenvalue weighted by atomic mass is 32.1. The second-order valence-corrected chi connectivity index (χ2v) is 20.5. The predicted molar refractivity (Wildman–Crippen MR) is 274 cm³/mol. The molecular formula is C51H88N4O2S4+2. The van der Waals surface area contributed by atoms with Gasteiger partial charge in [-0.2, -0.15) is 0 Å². The predicted octanol–water partition coefficient (Wildman–Crippen LogP) is 16.2. The Morgan fingerprint density at radius 2 is 0.754 bits per heavy atom. The molecule has 0 saturated heterocycles. The van der Waals surface area contributed by atoms with Gasteiger partial charge in [-0.05, 0) is 44.2 Å². The molecule has 2 heterocycles. The molecule has 7 N–H and O–H groups in total. The number of nitrogens with zero attached hydrogens (tertiary/aromatic N) is 2. The Morgan fingerprint density at radius 1 is 0.475 bits per heavy atom. The van der Waals surface area contributed by atoms with Crippen LogP contribution in [0, 0.1) is 0 Å². The van der Waals surface area contributed by atoms with E-state index >= 15 is 0 Å². The molecule has 2 aromatic carbocycles. The Balaban J connectivity index is 0.000000418. The summed E-state index contributed by atoms with van der Waals surface area (Å²) in [6.45, 7) is 6.82. The van der Waals surface area contributed by atoms with Crippen molar-refractivity contribution in [2.24, 2.45) is 0 Å². The molecule has 0 radical (unpaired) electrons. The van der Waals surface area contributed by atoms with Crippen LogP contribution in [0.5, 0.6) is 0 Å². The number of thiol groups is 2. The Hall–Kier alpha value is -1.69. The van der Waals surface area contributed by atoms with Crippen molar-refractivity contribution >= 4 is 85.7 Å². The zero-order valence-corrected chi connectivity index (χ0v) is 42.4. The van der Waals surface area contributed by atoms with Crippen LogP contribution >= 0.6 is 47.9 Å². The topological polar surface area (TPSA) is 118 Å². The first-order valence-electron chi connectivity index (χ1n) is 24.8. The van der Waals surface area contributed by atoms with E-state index in [9.17, 15) is 4.79 Å². The number of carboxylic acids is 1. The average Bonchev–Trinajstić information content (AvgIpc) is 3.83. The van der Waals surface area contributed by atoms with Crippen LogP contribution in [0.25, 0.3) is 20.4 Å². The molecule has 6 nitrogen and oxygen atoms in total. The number of hydrogen-bond donors (Lipinski definition) is 5. The number of unbranched alkanes of at least 4 members (excludes halogenated alkanes) is 27. The van der Waals surface area contributed by atoms with Crippen molar-refractivity contribution in [3.63, 3.8) is 0 Å². The first kappa shape index (κ1) is 55.4. The SMILES string of the molecule is CCCCCCCCCCCCC(=O)O.CCCCCCCCCCCCc1nc2cc3sc(CCCCCCCCCCCC)nc3cc2s1.[NH3+]c1cc(S)c([NH3+])cc1S. The van der Waals surface area contributed by atoms with Crippen LogP contribution in [0.4, 0.5) is 11.4 Å². The van der Waals surface area contributed by atoms with Crippen molar-refractivity contribution in [1.82, 2.24) is 9.97 Å². The van der Waals surface area contributed by atoms with E-state index in [0.29, 0.717) is 6.42 Å². The molecule has 0 aliphatic carbocycles. The van der Waals surface area contributed by atoms with E-state index in [1.807, 2.05) is 34.8 Å². The van der Waals surface area contributed by atoms with Crippen molar-refractivity contribution in [3.8, 4) is 0 Å². The zero-order chi connectivity index (χ0) is 44.3. The minimum Gasteiger partial charge on any atom is -0.481 e. The summed E-state index contributed by atoms with van der Waals surface area (Å²) >= 11 is 12.1. The number of fused-ring (bicyclic) bond motifs is 2. The number of aromatic nitrogens is 2. The molecule has 0 saturated carbocycles. The van der Waals surface area contributed by atoms with Gasteiger partial charge < -0.3 is 16.6 Å². The number of aliphatic carboxylic acids is 1. The molecule has 0 aliphatic rings. The molecule has 0 unspecified atom stereocenters. The van der Waals surface area contributed by atoms with E-state index in [1.54, 1.807) is 0 Å². The number of rotatable bonds is 33. The van der Waals surface area contributed by atoms with Gasteiger partial charge in [-0.25, -0.2) is 9.97 Å². The largest absolute Gasteiger partial charge is 0.481 e. The van der Waals surface area contributed by atoms with Crippen LogP contribution in [-0.4, -0.2) is 21.0 Å². The van der Waals surface area contributed by atoms with Crippen LogP contribution in [0.1, 0.15) is 230 Å². The lowest BCUT2D eigenvalue weighted by molar-refractivity contribution is -0.266. The van der Waals surface area contributed by atoms with Gasteiger partial charge >= 0.3 is 5.97 Å². The fourth-order valence-electron chi connectivity index (χ4n) is 7.61. The van der Waals surface area contributed by atoms with Crippen LogP contribution < -0.4 is 11.5 Å². The van der Waals surface area contributed by atoms with Gasteiger partial charge in [0.05, 0.1) is 40.2 Å². The second-order valence-electron chi connectivity index (χ2n) is 17.3. The van der Waals surface area contributed by atoms with Crippen molar-refractivity contribution in [3.05, 3.63) is 34.3 Å². The molecule has 2 aromatic heterocycles. The van der Waals surface area contributed by atoms with E-state index < -0.39 is 5.97 Å². The molecule has 10 heteroatoms. The van der Waals surface area contributed by atoms with E-state index in [4.69, 9.17) is 15.1 Å². The number of carbonyl (C=O) groups is 1. The van der Waals surface area contributed by atoms with E-state index in [0.717, 1.165) is 46.8 Å². The summed E-state index contributed by atoms with van der Waals surface area (Å²) in [5.41, 5.74) is 11.7. The molecule has 4 aromatic rings. The lowest BCUT2D eigenvalue weighted by Gasteiger charge is -2.01. The third-order valence-corrected chi connectivity index (χ3v) is 14.5. The number of hydrogen-bond acceptors (Lipinski definition) is 7. The fourth-order valence-corrected chi connectivity index (χ4v) is 10.1.